The van der Waals surface area contributed by atoms with Crippen LogP contribution in [0.1, 0.15) is 51.0 Å². The number of aliphatic carboxylic acids is 1. The number of aryl methyl sites for hydroxylation is 1. The van der Waals surface area contributed by atoms with Crippen LogP contribution in [-0.2, 0) is 20.9 Å². The fourth-order valence-corrected chi connectivity index (χ4v) is 3.41. The average molecular weight is 405 g/mol. The Kier molecular flexibility index (Phi) is 6.70. The zero-order chi connectivity index (χ0) is 21.0. The van der Waals surface area contributed by atoms with Gasteiger partial charge >= 0.3 is 5.97 Å². The predicted octanol–water partition coefficient (Wildman–Crippen LogP) is 4.74. The van der Waals surface area contributed by atoms with E-state index in [0.717, 1.165) is 36.9 Å². The number of aromatic nitrogens is 1. The van der Waals surface area contributed by atoms with Crippen molar-refractivity contribution >= 4 is 5.97 Å². The smallest absolute Gasteiger partial charge is 0.335 e. The summed E-state index contributed by atoms with van der Waals surface area (Å²) in [4.78, 5) is 15.7. The van der Waals surface area contributed by atoms with Crippen LogP contribution in [0.5, 0.6) is 0 Å². The van der Waals surface area contributed by atoms with Crippen LogP contribution in [0, 0.1) is 18.7 Å². The van der Waals surface area contributed by atoms with Crippen molar-refractivity contribution in [3.63, 3.8) is 0 Å². The molecule has 2 atom stereocenters. The Morgan fingerprint density at radius 2 is 2.03 bits per heavy atom. The summed E-state index contributed by atoms with van der Waals surface area (Å²) in [6.45, 7) is 5.73. The van der Waals surface area contributed by atoms with Gasteiger partial charge < -0.3 is 19.0 Å². The zero-order valence-electron chi connectivity index (χ0n) is 17.1. The predicted molar refractivity (Wildman–Crippen MR) is 105 cm³/mol. The molecular formula is C22H28FNO5. The fourth-order valence-electron chi connectivity index (χ4n) is 3.41. The molecule has 3 rings (SSSR count). The van der Waals surface area contributed by atoms with Crippen LogP contribution >= 0.6 is 0 Å². The molecule has 0 saturated heterocycles. The largest absolute Gasteiger partial charge is 0.479 e. The molecule has 2 aromatic rings. The van der Waals surface area contributed by atoms with Gasteiger partial charge in [-0.1, -0.05) is 6.42 Å². The van der Waals surface area contributed by atoms with Gasteiger partial charge in [0.25, 0.3) is 0 Å². The number of halogens is 1. The number of carboxylic acids is 1. The summed E-state index contributed by atoms with van der Waals surface area (Å²) in [7, 11) is 0. The molecule has 6 nitrogen and oxygen atoms in total. The summed E-state index contributed by atoms with van der Waals surface area (Å²) >= 11 is 0. The second-order valence-electron chi connectivity index (χ2n) is 8.12. The quantitative estimate of drug-likeness (QED) is 0.683. The van der Waals surface area contributed by atoms with Crippen LogP contribution in [0.25, 0.3) is 11.5 Å². The number of hydrogen-bond acceptors (Lipinski definition) is 5. The number of carboxylic acid groups (broad SMARTS) is 1. The minimum Gasteiger partial charge on any atom is -0.479 e. The van der Waals surface area contributed by atoms with E-state index >= 15 is 0 Å². The Morgan fingerprint density at radius 3 is 2.72 bits per heavy atom. The molecule has 1 aliphatic rings. The second kappa shape index (κ2) is 9.05. The molecule has 0 bridgehead atoms. The number of ether oxygens (including phenoxy) is 2. The van der Waals surface area contributed by atoms with Crippen molar-refractivity contribution in [3.8, 4) is 11.5 Å². The van der Waals surface area contributed by atoms with Gasteiger partial charge in [0.1, 0.15) is 17.3 Å². The van der Waals surface area contributed by atoms with Gasteiger partial charge in [-0.25, -0.2) is 14.2 Å². The molecule has 7 heteroatoms. The third kappa shape index (κ3) is 5.64. The SMILES string of the molecule is Cc1oc(-c2ccc(F)cc2)nc1CO[C@H]1CCC[C@@H](COC(C)(C)C(=O)O)C1. The maximum Gasteiger partial charge on any atom is 0.335 e. The van der Waals surface area contributed by atoms with E-state index in [9.17, 15) is 14.3 Å². The molecule has 1 heterocycles. The lowest BCUT2D eigenvalue weighted by Crippen LogP contribution is -2.37. The first-order chi connectivity index (χ1) is 13.7. The molecule has 0 aliphatic heterocycles. The van der Waals surface area contributed by atoms with E-state index < -0.39 is 11.6 Å². The van der Waals surface area contributed by atoms with Crippen LogP contribution < -0.4 is 0 Å². The number of oxazole rings is 1. The van der Waals surface area contributed by atoms with Crippen molar-refractivity contribution < 1.29 is 28.2 Å². The highest BCUT2D eigenvalue weighted by Gasteiger charge is 2.31. The van der Waals surface area contributed by atoms with E-state index in [4.69, 9.17) is 13.9 Å². The lowest BCUT2D eigenvalue weighted by atomic mass is 9.87. The summed E-state index contributed by atoms with van der Waals surface area (Å²) < 4.78 is 30.5. The molecule has 0 spiro atoms. The first kappa shape index (κ1) is 21.5. The maximum absolute atomic E-state index is 13.1. The van der Waals surface area contributed by atoms with Crippen LogP contribution in [-0.4, -0.2) is 34.4 Å². The number of hydrogen-bond donors (Lipinski definition) is 1. The zero-order valence-corrected chi connectivity index (χ0v) is 17.1. The van der Waals surface area contributed by atoms with Crippen LogP contribution in [0.2, 0.25) is 0 Å². The molecule has 1 fully saturated rings. The Morgan fingerprint density at radius 1 is 1.31 bits per heavy atom. The maximum atomic E-state index is 13.1. The Hall–Kier alpha value is -2.25. The molecule has 29 heavy (non-hydrogen) atoms. The molecule has 1 N–H and O–H groups in total. The van der Waals surface area contributed by atoms with Crippen molar-refractivity contribution in [2.75, 3.05) is 6.61 Å². The van der Waals surface area contributed by atoms with Crippen LogP contribution in [0.3, 0.4) is 0 Å². The van der Waals surface area contributed by atoms with Gasteiger partial charge in [-0.15, -0.1) is 0 Å². The van der Waals surface area contributed by atoms with Crippen LogP contribution in [0.4, 0.5) is 4.39 Å². The molecule has 1 aliphatic carbocycles. The molecule has 0 amide bonds. The fraction of sp³-hybridized carbons (Fsp3) is 0.545. The minimum absolute atomic E-state index is 0.0793. The van der Waals surface area contributed by atoms with Crippen molar-refractivity contribution in [2.45, 2.75) is 64.8 Å². The monoisotopic (exact) mass is 405 g/mol. The molecule has 1 saturated carbocycles. The summed E-state index contributed by atoms with van der Waals surface area (Å²) in [6.07, 6.45) is 3.89. The minimum atomic E-state index is -1.18. The van der Waals surface area contributed by atoms with E-state index in [0.29, 0.717) is 24.9 Å². The third-order valence-electron chi connectivity index (χ3n) is 5.37. The van der Waals surface area contributed by atoms with E-state index in [1.54, 1.807) is 26.0 Å². The summed E-state index contributed by atoms with van der Waals surface area (Å²) in [5.74, 6) is 0.151. The highest BCUT2D eigenvalue weighted by Crippen LogP contribution is 2.29. The molecule has 1 aromatic heterocycles. The molecular weight excluding hydrogens is 377 g/mol. The average Bonchev–Trinajstić information content (AvgIpc) is 3.06. The van der Waals surface area contributed by atoms with Gasteiger partial charge in [0.2, 0.25) is 5.89 Å². The number of benzene rings is 1. The summed E-state index contributed by atoms with van der Waals surface area (Å²) in [5.41, 5.74) is 0.272. The summed E-state index contributed by atoms with van der Waals surface area (Å²) in [6, 6.07) is 6.02. The lowest BCUT2D eigenvalue weighted by molar-refractivity contribution is -0.163. The number of rotatable bonds is 8. The first-order valence-electron chi connectivity index (χ1n) is 9.96. The Labute approximate surface area is 170 Å². The van der Waals surface area contributed by atoms with E-state index in [2.05, 4.69) is 4.98 Å². The van der Waals surface area contributed by atoms with Gasteiger partial charge in [-0.05, 0) is 70.2 Å². The van der Waals surface area contributed by atoms with Gasteiger partial charge in [0.15, 0.2) is 5.60 Å². The molecule has 0 unspecified atom stereocenters. The van der Waals surface area contributed by atoms with Gasteiger partial charge in [-0.2, -0.15) is 0 Å². The van der Waals surface area contributed by atoms with E-state index in [1.165, 1.54) is 12.1 Å². The highest BCUT2D eigenvalue weighted by molar-refractivity contribution is 5.76. The highest BCUT2D eigenvalue weighted by atomic mass is 19.1. The molecule has 1 aromatic carbocycles. The third-order valence-corrected chi connectivity index (χ3v) is 5.37. The normalized spacial score (nSPS) is 20.0. The van der Waals surface area contributed by atoms with Crippen molar-refractivity contribution in [1.29, 1.82) is 0 Å². The van der Waals surface area contributed by atoms with E-state index in [-0.39, 0.29) is 17.8 Å². The number of carbonyl (C=O) groups is 1. The lowest BCUT2D eigenvalue weighted by Gasteiger charge is -2.31. The second-order valence-corrected chi connectivity index (χ2v) is 8.12. The van der Waals surface area contributed by atoms with Crippen LogP contribution in [0.15, 0.2) is 28.7 Å². The van der Waals surface area contributed by atoms with Gasteiger partial charge in [0, 0.05) is 5.56 Å². The van der Waals surface area contributed by atoms with Gasteiger partial charge in [0.05, 0.1) is 19.3 Å². The Bertz CT molecular complexity index is 830. The number of nitrogens with zero attached hydrogens (tertiary/aromatic N) is 1. The first-order valence-corrected chi connectivity index (χ1v) is 9.96. The van der Waals surface area contributed by atoms with Crippen molar-refractivity contribution in [1.82, 2.24) is 4.98 Å². The van der Waals surface area contributed by atoms with Crippen molar-refractivity contribution in [2.24, 2.45) is 5.92 Å². The summed E-state index contributed by atoms with van der Waals surface area (Å²) in [5, 5.41) is 9.17. The molecule has 158 valence electrons. The van der Waals surface area contributed by atoms with E-state index in [1.807, 2.05) is 6.92 Å². The Balaban J connectivity index is 1.53. The molecule has 0 radical (unpaired) electrons. The van der Waals surface area contributed by atoms with Crippen molar-refractivity contribution in [3.05, 3.63) is 41.5 Å². The standard InChI is InChI=1S/C22H28FNO5/c1-14-19(24-20(29-14)16-7-9-17(23)10-8-16)13-27-18-6-4-5-15(11-18)12-28-22(2,3)21(25)26/h7-10,15,18H,4-6,11-13H2,1-3H3,(H,25,26)/t15-,18+/m1/s1. The topological polar surface area (TPSA) is 81.8 Å². The van der Waals surface area contributed by atoms with Gasteiger partial charge in [-0.3, -0.25) is 0 Å².